The molecule has 4 rings (SSSR count). The average Bonchev–Trinajstić information content (AvgIpc) is 2.80. The molecule has 2 aromatic carbocycles. The number of nitrogens with one attached hydrogen (secondary N) is 1. The summed E-state index contributed by atoms with van der Waals surface area (Å²) in [4.78, 5) is 55.2. The molecule has 0 fully saturated rings. The van der Waals surface area contributed by atoms with Crippen molar-refractivity contribution in [2.24, 2.45) is 0 Å². The number of nitrogens with zero attached hydrogens (tertiary/aromatic N) is 3. The summed E-state index contributed by atoms with van der Waals surface area (Å²) in [6.07, 6.45) is -1.07. The van der Waals surface area contributed by atoms with Crippen LogP contribution in [0.25, 0.3) is 0 Å². The van der Waals surface area contributed by atoms with Crippen LogP contribution < -0.4 is 31.5 Å². The highest BCUT2D eigenvalue weighted by molar-refractivity contribution is 6.01. The molecule has 170 valence electrons. The van der Waals surface area contributed by atoms with Gasteiger partial charge in [-0.3, -0.25) is 23.9 Å². The predicted octanol–water partition coefficient (Wildman–Crippen LogP) is 0.944. The summed E-state index contributed by atoms with van der Waals surface area (Å²) in [7, 11) is 1.38. The summed E-state index contributed by atoms with van der Waals surface area (Å²) >= 11 is 0. The topological polar surface area (TPSA) is 131 Å². The van der Waals surface area contributed by atoms with Crippen molar-refractivity contribution < 1.29 is 14.3 Å². The summed E-state index contributed by atoms with van der Waals surface area (Å²) in [5, 5.41) is 0. The van der Waals surface area contributed by atoms with Gasteiger partial charge < -0.3 is 20.3 Å². The molecule has 0 aliphatic carbocycles. The Bertz CT molecular complexity index is 1330. The molecule has 1 atom stereocenters. The number of rotatable bonds is 4. The van der Waals surface area contributed by atoms with Crippen LogP contribution in [0.2, 0.25) is 0 Å². The van der Waals surface area contributed by atoms with Crippen LogP contribution in [0.15, 0.2) is 64.2 Å². The number of amides is 2. The quantitative estimate of drug-likeness (QED) is 0.610. The van der Waals surface area contributed by atoms with Gasteiger partial charge in [-0.15, -0.1) is 0 Å². The molecular formula is C23H23N5O5. The number of aromatic nitrogens is 2. The first-order valence-corrected chi connectivity index (χ1v) is 10.3. The molecule has 0 saturated heterocycles. The lowest BCUT2D eigenvalue weighted by molar-refractivity contribution is -0.125. The van der Waals surface area contributed by atoms with Crippen LogP contribution in [0.5, 0.6) is 5.75 Å². The monoisotopic (exact) mass is 449 g/mol. The third-order valence-electron chi connectivity index (χ3n) is 5.49. The number of aromatic amines is 1. The summed E-state index contributed by atoms with van der Waals surface area (Å²) in [6.45, 7) is 1.48. The van der Waals surface area contributed by atoms with Crippen molar-refractivity contribution in [3.63, 3.8) is 0 Å². The lowest BCUT2D eigenvalue weighted by atomic mass is 10.1. The van der Waals surface area contributed by atoms with Crippen molar-refractivity contribution in [1.82, 2.24) is 9.55 Å². The standard InChI is InChI=1S/C23H23N5O5/c1-14(29)27-13-18(33-17-11-7-6-10-16(17)27)22(31)26(2)19-20(24)28(23(32)25-21(19)30)12-15-8-4-3-5-9-15/h3-11,18H,12-13,24H2,1-2H3,(H,25,30,32)/t18-/m1/s1. The third kappa shape index (κ3) is 4.10. The van der Waals surface area contributed by atoms with Crippen LogP contribution in [-0.4, -0.2) is 41.1 Å². The number of anilines is 3. The van der Waals surface area contributed by atoms with E-state index in [0.29, 0.717) is 11.4 Å². The van der Waals surface area contributed by atoms with Crippen LogP contribution in [0.1, 0.15) is 12.5 Å². The highest BCUT2D eigenvalue weighted by Crippen LogP contribution is 2.33. The summed E-state index contributed by atoms with van der Waals surface area (Å²) in [5.74, 6) is -0.609. The fourth-order valence-electron chi connectivity index (χ4n) is 3.81. The van der Waals surface area contributed by atoms with E-state index in [1.807, 2.05) is 30.3 Å². The Morgan fingerprint density at radius 3 is 2.48 bits per heavy atom. The highest BCUT2D eigenvalue weighted by Gasteiger charge is 2.35. The molecule has 1 aliphatic rings. The van der Waals surface area contributed by atoms with E-state index < -0.39 is 23.3 Å². The van der Waals surface area contributed by atoms with Gasteiger partial charge in [-0.05, 0) is 17.7 Å². The van der Waals surface area contributed by atoms with E-state index in [4.69, 9.17) is 10.5 Å². The Labute approximate surface area is 188 Å². The number of ether oxygens (including phenoxy) is 1. The number of likely N-dealkylation sites (N-methyl/N-ethyl adjacent to an activating group) is 1. The molecule has 33 heavy (non-hydrogen) atoms. The smallest absolute Gasteiger partial charge is 0.330 e. The summed E-state index contributed by atoms with van der Waals surface area (Å²) < 4.78 is 7.03. The number of carbonyl (C=O) groups is 2. The number of nitrogen functional groups attached to an aromatic ring is 1. The molecule has 0 spiro atoms. The van der Waals surface area contributed by atoms with E-state index in [1.165, 1.54) is 23.4 Å². The number of hydrogen-bond donors (Lipinski definition) is 2. The SMILES string of the molecule is CC(=O)N1C[C@H](C(=O)N(C)c2c(N)n(Cc3ccccc3)c(=O)[nH]c2=O)Oc2ccccc21. The van der Waals surface area contributed by atoms with Gasteiger partial charge in [0.1, 0.15) is 11.6 Å². The minimum Gasteiger partial charge on any atom is -0.476 e. The molecule has 1 aromatic heterocycles. The molecule has 0 bridgehead atoms. The van der Waals surface area contributed by atoms with E-state index in [0.717, 1.165) is 10.5 Å². The van der Waals surface area contributed by atoms with Crippen LogP contribution in [0.4, 0.5) is 17.2 Å². The van der Waals surface area contributed by atoms with E-state index >= 15 is 0 Å². The number of hydrogen-bond acceptors (Lipinski definition) is 6. The maximum Gasteiger partial charge on any atom is 0.330 e. The van der Waals surface area contributed by atoms with Crippen LogP contribution in [-0.2, 0) is 16.1 Å². The van der Waals surface area contributed by atoms with Gasteiger partial charge in [0.2, 0.25) is 5.91 Å². The zero-order chi connectivity index (χ0) is 23.7. The Morgan fingerprint density at radius 1 is 1.12 bits per heavy atom. The zero-order valence-electron chi connectivity index (χ0n) is 18.1. The van der Waals surface area contributed by atoms with Gasteiger partial charge in [-0.2, -0.15) is 0 Å². The van der Waals surface area contributed by atoms with E-state index in [2.05, 4.69) is 4.98 Å². The minimum absolute atomic E-state index is 0.0308. The van der Waals surface area contributed by atoms with Crippen molar-refractivity contribution in [2.75, 3.05) is 29.1 Å². The summed E-state index contributed by atoms with van der Waals surface area (Å²) in [5.41, 5.74) is 5.90. The van der Waals surface area contributed by atoms with Crippen molar-refractivity contribution in [2.45, 2.75) is 19.6 Å². The van der Waals surface area contributed by atoms with Crippen LogP contribution in [0.3, 0.4) is 0 Å². The average molecular weight is 449 g/mol. The Kier molecular flexibility index (Phi) is 5.74. The number of para-hydroxylation sites is 2. The molecular weight excluding hydrogens is 426 g/mol. The second-order valence-electron chi connectivity index (χ2n) is 7.67. The first kappa shape index (κ1) is 21.9. The van der Waals surface area contributed by atoms with Crippen molar-refractivity contribution in [3.8, 4) is 5.75 Å². The van der Waals surface area contributed by atoms with Gasteiger partial charge in [0, 0.05) is 14.0 Å². The van der Waals surface area contributed by atoms with Crippen molar-refractivity contribution in [3.05, 3.63) is 81.0 Å². The molecule has 0 radical (unpaired) electrons. The number of carbonyl (C=O) groups excluding carboxylic acids is 2. The van der Waals surface area contributed by atoms with Gasteiger partial charge in [0.05, 0.1) is 18.8 Å². The molecule has 2 amide bonds. The lowest BCUT2D eigenvalue weighted by Gasteiger charge is -2.35. The number of fused-ring (bicyclic) bond motifs is 1. The number of H-pyrrole nitrogens is 1. The van der Waals surface area contributed by atoms with Gasteiger partial charge in [-0.25, -0.2) is 4.79 Å². The van der Waals surface area contributed by atoms with Gasteiger partial charge in [-0.1, -0.05) is 42.5 Å². The molecule has 0 unspecified atom stereocenters. The van der Waals surface area contributed by atoms with Crippen LogP contribution >= 0.6 is 0 Å². The Hall–Kier alpha value is -4.34. The molecule has 2 heterocycles. The van der Waals surface area contributed by atoms with Crippen molar-refractivity contribution in [1.29, 1.82) is 0 Å². The van der Waals surface area contributed by atoms with E-state index in [-0.39, 0.29) is 30.5 Å². The summed E-state index contributed by atoms with van der Waals surface area (Å²) in [6, 6.07) is 16.0. The Balaban J connectivity index is 1.68. The number of benzene rings is 2. The lowest BCUT2D eigenvalue weighted by Crippen LogP contribution is -2.52. The van der Waals surface area contributed by atoms with Crippen molar-refractivity contribution >= 4 is 29.0 Å². The minimum atomic E-state index is -1.07. The molecule has 0 saturated carbocycles. The maximum atomic E-state index is 13.3. The normalized spacial score (nSPS) is 14.8. The predicted molar refractivity (Wildman–Crippen MR) is 124 cm³/mol. The second-order valence-corrected chi connectivity index (χ2v) is 7.67. The first-order valence-electron chi connectivity index (χ1n) is 10.3. The van der Waals surface area contributed by atoms with Gasteiger partial charge in [0.25, 0.3) is 11.5 Å². The molecule has 3 aromatic rings. The second kappa shape index (κ2) is 8.65. The first-order chi connectivity index (χ1) is 15.8. The van der Waals surface area contributed by atoms with Crippen LogP contribution in [0, 0.1) is 0 Å². The van der Waals surface area contributed by atoms with E-state index in [9.17, 15) is 19.2 Å². The Morgan fingerprint density at radius 2 is 1.79 bits per heavy atom. The van der Waals surface area contributed by atoms with Gasteiger partial charge >= 0.3 is 5.69 Å². The molecule has 1 aliphatic heterocycles. The third-order valence-corrected chi connectivity index (χ3v) is 5.49. The fourth-order valence-corrected chi connectivity index (χ4v) is 3.81. The highest BCUT2D eigenvalue weighted by atomic mass is 16.5. The zero-order valence-corrected chi connectivity index (χ0v) is 18.1. The fraction of sp³-hybridized carbons (Fsp3) is 0.217. The largest absolute Gasteiger partial charge is 0.476 e. The van der Waals surface area contributed by atoms with E-state index in [1.54, 1.807) is 24.3 Å². The molecule has 3 N–H and O–H groups in total. The maximum absolute atomic E-state index is 13.3. The molecule has 10 nitrogen and oxygen atoms in total. The van der Waals surface area contributed by atoms with Gasteiger partial charge in [0.15, 0.2) is 11.8 Å². The molecule has 10 heteroatoms. The number of nitrogens with two attached hydrogens (primary N) is 1.